The van der Waals surface area contributed by atoms with Crippen molar-refractivity contribution in [2.75, 3.05) is 33.2 Å². The van der Waals surface area contributed by atoms with E-state index in [4.69, 9.17) is 0 Å². The molecule has 2 N–H and O–H groups in total. The van der Waals surface area contributed by atoms with Crippen LogP contribution in [0.4, 0.5) is 0 Å². The first kappa shape index (κ1) is 16.0. The van der Waals surface area contributed by atoms with Gasteiger partial charge in [0.1, 0.15) is 0 Å². The molecular formula is C17H27N3O. The summed E-state index contributed by atoms with van der Waals surface area (Å²) in [6.07, 6.45) is 3.68. The lowest BCUT2D eigenvalue weighted by Gasteiger charge is -2.17. The van der Waals surface area contributed by atoms with Gasteiger partial charge in [0.2, 0.25) is 0 Å². The Labute approximate surface area is 127 Å². The van der Waals surface area contributed by atoms with Crippen LogP contribution in [0.1, 0.15) is 35.2 Å². The highest BCUT2D eigenvalue weighted by Gasteiger charge is 2.13. The topological polar surface area (TPSA) is 44.4 Å². The zero-order valence-electron chi connectivity index (χ0n) is 13.2. The van der Waals surface area contributed by atoms with Gasteiger partial charge >= 0.3 is 0 Å². The van der Waals surface area contributed by atoms with E-state index < -0.39 is 0 Å². The maximum absolute atomic E-state index is 12.0. The second-order valence-corrected chi connectivity index (χ2v) is 6.01. The molecule has 1 fully saturated rings. The first-order valence-corrected chi connectivity index (χ1v) is 7.92. The van der Waals surface area contributed by atoms with Crippen LogP contribution in [0.2, 0.25) is 0 Å². The Hall–Kier alpha value is -1.39. The van der Waals surface area contributed by atoms with Crippen LogP contribution < -0.4 is 10.6 Å². The first-order chi connectivity index (χ1) is 10.1. The highest BCUT2D eigenvalue weighted by Crippen LogP contribution is 2.09. The van der Waals surface area contributed by atoms with Gasteiger partial charge in [-0.3, -0.25) is 4.79 Å². The van der Waals surface area contributed by atoms with Crippen LogP contribution in [-0.2, 0) is 0 Å². The molecule has 2 rings (SSSR count). The van der Waals surface area contributed by atoms with E-state index in [1.165, 1.54) is 31.4 Å². The van der Waals surface area contributed by atoms with Gasteiger partial charge in [-0.2, -0.15) is 0 Å². The van der Waals surface area contributed by atoms with Crippen LogP contribution in [-0.4, -0.2) is 50.1 Å². The molecule has 4 nitrogen and oxygen atoms in total. The molecule has 1 saturated heterocycles. The molecule has 21 heavy (non-hydrogen) atoms. The molecule has 1 atom stereocenters. The molecule has 1 aliphatic heterocycles. The van der Waals surface area contributed by atoms with E-state index in [1.54, 1.807) is 0 Å². The second-order valence-electron chi connectivity index (χ2n) is 6.01. The average Bonchev–Trinajstić information content (AvgIpc) is 2.69. The Bertz CT molecular complexity index is 444. The Morgan fingerprint density at radius 1 is 1.19 bits per heavy atom. The van der Waals surface area contributed by atoms with Gasteiger partial charge in [0.15, 0.2) is 0 Å². The van der Waals surface area contributed by atoms with E-state index in [0.717, 1.165) is 18.7 Å². The number of carbonyl (C=O) groups excluding carboxylic acids is 1. The molecule has 0 bridgehead atoms. The maximum Gasteiger partial charge on any atom is 0.251 e. The molecule has 1 aromatic carbocycles. The number of carbonyl (C=O) groups is 1. The molecule has 1 unspecified atom stereocenters. The van der Waals surface area contributed by atoms with Gasteiger partial charge in [-0.15, -0.1) is 0 Å². The smallest absolute Gasteiger partial charge is 0.251 e. The molecule has 0 radical (unpaired) electrons. The lowest BCUT2D eigenvalue weighted by atomic mass is 10.1. The largest absolute Gasteiger partial charge is 0.351 e. The van der Waals surface area contributed by atoms with Crippen LogP contribution in [0.25, 0.3) is 0 Å². The summed E-state index contributed by atoms with van der Waals surface area (Å²) >= 11 is 0. The van der Waals surface area contributed by atoms with Gasteiger partial charge in [0, 0.05) is 24.7 Å². The summed E-state index contributed by atoms with van der Waals surface area (Å²) in [5.41, 5.74) is 1.91. The number of likely N-dealkylation sites (tertiary alicyclic amines) is 1. The lowest BCUT2D eigenvalue weighted by Crippen LogP contribution is -2.37. The van der Waals surface area contributed by atoms with Gasteiger partial charge in [0.25, 0.3) is 5.91 Å². The number of nitrogens with zero attached hydrogens (tertiary/aromatic N) is 1. The number of aryl methyl sites for hydroxylation is 1. The zero-order chi connectivity index (χ0) is 15.1. The standard InChI is InChI=1S/C17H27N3O/c1-14-5-7-15(8-6-14)17(21)19-11-10-18-16-4-3-12-20(2)13-9-16/h5-8,16,18H,3-4,9-13H2,1-2H3,(H,19,21). The first-order valence-electron chi connectivity index (χ1n) is 7.92. The maximum atomic E-state index is 12.0. The monoisotopic (exact) mass is 289 g/mol. The summed E-state index contributed by atoms with van der Waals surface area (Å²) < 4.78 is 0. The Balaban J connectivity index is 1.65. The summed E-state index contributed by atoms with van der Waals surface area (Å²) in [6.45, 7) is 5.90. The van der Waals surface area contributed by atoms with Crippen molar-refractivity contribution in [1.82, 2.24) is 15.5 Å². The fraction of sp³-hybridized carbons (Fsp3) is 0.588. The van der Waals surface area contributed by atoms with Gasteiger partial charge in [0.05, 0.1) is 0 Å². The third kappa shape index (κ3) is 5.48. The second kappa shape index (κ2) is 8.15. The van der Waals surface area contributed by atoms with E-state index >= 15 is 0 Å². The summed E-state index contributed by atoms with van der Waals surface area (Å²) in [7, 11) is 2.18. The van der Waals surface area contributed by atoms with Crippen molar-refractivity contribution in [2.24, 2.45) is 0 Å². The zero-order valence-corrected chi connectivity index (χ0v) is 13.2. The third-order valence-corrected chi connectivity index (χ3v) is 4.11. The van der Waals surface area contributed by atoms with Crippen molar-refractivity contribution >= 4 is 5.91 Å². The quantitative estimate of drug-likeness (QED) is 0.813. The molecule has 1 aliphatic rings. The van der Waals surface area contributed by atoms with Crippen LogP contribution in [0.3, 0.4) is 0 Å². The SMILES string of the molecule is Cc1ccc(C(=O)NCCNC2CCCN(C)CC2)cc1. The Morgan fingerprint density at radius 3 is 2.71 bits per heavy atom. The fourth-order valence-corrected chi connectivity index (χ4v) is 2.70. The third-order valence-electron chi connectivity index (χ3n) is 4.11. The Kier molecular flexibility index (Phi) is 6.21. The fourth-order valence-electron chi connectivity index (χ4n) is 2.70. The number of rotatable bonds is 5. The van der Waals surface area contributed by atoms with Crippen LogP contribution in [0.5, 0.6) is 0 Å². The van der Waals surface area contributed by atoms with Crippen molar-refractivity contribution in [1.29, 1.82) is 0 Å². The van der Waals surface area contributed by atoms with Crippen molar-refractivity contribution in [3.63, 3.8) is 0 Å². The molecule has 0 saturated carbocycles. The highest BCUT2D eigenvalue weighted by molar-refractivity contribution is 5.94. The van der Waals surface area contributed by atoms with Crippen LogP contribution in [0, 0.1) is 6.92 Å². The van der Waals surface area contributed by atoms with Crippen molar-refractivity contribution in [3.05, 3.63) is 35.4 Å². The molecule has 0 aromatic heterocycles. The number of nitrogens with one attached hydrogen (secondary N) is 2. The van der Waals surface area contributed by atoms with Crippen molar-refractivity contribution in [3.8, 4) is 0 Å². The minimum atomic E-state index is 0.0115. The van der Waals surface area contributed by atoms with Crippen molar-refractivity contribution < 1.29 is 4.79 Å². The number of hydrogen-bond acceptors (Lipinski definition) is 3. The minimum Gasteiger partial charge on any atom is -0.351 e. The molecule has 0 aliphatic carbocycles. The Morgan fingerprint density at radius 2 is 1.95 bits per heavy atom. The average molecular weight is 289 g/mol. The molecule has 116 valence electrons. The van der Waals surface area contributed by atoms with E-state index in [-0.39, 0.29) is 5.91 Å². The predicted molar refractivity (Wildman–Crippen MR) is 86.7 cm³/mol. The molecule has 0 spiro atoms. The van der Waals surface area contributed by atoms with Gasteiger partial charge < -0.3 is 15.5 Å². The van der Waals surface area contributed by atoms with Crippen LogP contribution >= 0.6 is 0 Å². The van der Waals surface area contributed by atoms with E-state index in [9.17, 15) is 4.79 Å². The van der Waals surface area contributed by atoms with E-state index in [0.29, 0.717) is 12.6 Å². The lowest BCUT2D eigenvalue weighted by molar-refractivity contribution is 0.0953. The minimum absolute atomic E-state index is 0.0115. The summed E-state index contributed by atoms with van der Waals surface area (Å²) in [5.74, 6) is 0.0115. The van der Waals surface area contributed by atoms with Gasteiger partial charge in [-0.1, -0.05) is 17.7 Å². The number of amides is 1. The molecule has 1 amide bonds. The molecular weight excluding hydrogens is 262 g/mol. The molecule has 1 aromatic rings. The summed E-state index contributed by atoms with van der Waals surface area (Å²) in [4.78, 5) is 14.3. The van der Waals surface area contributed by atoms with Gasteiger partial charge in [-0.05, 0) is 58.5 Å². The summed E-state index contributed by atoms with van der Waals surface area (Å²) in [5, 5.41) is 6.53. The van der Waals surface area contributed by atoms with E-state index in [2.05, 4.69) is 22.6 Å². The highest BCUT2D eigenvalue weighted by atomic mass is 16.1. The predicted octanol–water partition coefficient (Wildman–Crippen LogP) is 1.80. The number of hydrogen-bond donors (Lipinski definition) is 2. The van der Waals surface area contributed by atoms with Crippen LogP contribution in [0.15, 0.2) is 24.3 Å². The normalized spacial score (nSPS) is 20.0. The van der Waals surface area contributed by atoms with Gasteiger partial charge in [-0.25, -0.2) is 0 Å². The summed E-state index contributed by atoms with van der Waals surface area (Å²) in [6, 6.07) is 8.27. The molecule has 1 heterocycles. The van der Waals surface area contributed by atoms with Crippen molar-refractivity contribution in [2.45, 2.75) is 32.2 Å². The van der Waals surface area contributed by atoms with E-state index in [1.807, 2.05) is 31.2 Å². The molecule has 4 heteroatoms. The number of benzene rings is 1.